The number of sulfonamides is 1. The molecule has 2 N–H and O–H groups in total. The van der Waals surface area contributed by atoms with Gasteiger partial charge in [0.15, 0.2) is 0 Å². The van der Waals surface area contributed by atoms with Crippen molar-refractivity contribution in [3.05, 3.63) is 52.2 Å². The maximum Gasteiger partial charge on any atom is 0.251 e. The van der Waals surface area contributed by atoms with Gasteiger partial charge >= 0.3 is 0 Å². The van der Waals surface area contributed by atoms with E-state index < -0.39 is 10.0 Å². The van der Waals surface area contributed by atoms with Crippen molar-refractivity contribution >= 4 is 27.3 Å². The molecule has 1 amide bonds. The van der Waals surface area contributed by atoms with Crippen LogP contribution < -0.4 is 10.0 Å². The van der Waals surface area contributed by atoms with Crippen LogP contribution in [0.15, 0.2) is 46.7 Å². The van der Waals surface area contributed by atoms with E-state index >= 15 is 0 Å². The highest BCUT2D eigenvalue weighted by Crippen LogP contribution is 2.13. The summed E-state index contributed by atoms with van der Waals surface area (Å²) in [5.41, 5.74) is 0.421. The van der Waals surface area contributed by atoms with Crippen LogP contribution in [-0.4, -0.2) is 21.4 Å². The van der Waals surface area contributed by atoms with Crippen molar-refractivity contribution in [3.63, 3.8) is 0 Å². The first-order valence-electron chi connectivity index (χ1n) is 5.87. The lowest BCUT2D eigenvalue weighted by Crippen LogP contribution is -2.23. The minimum atomic E-state index is -3.56. The molecule has 0 fully saturated rings. The Kier molecular flexibility index (Phi) is 4.53. The summed E-state index contributed by atoms with van der Waals surface area (Å²) in [6, 6.07) is 9.54. The number of rotatable bonds is 5. The molecule has 7 heteroatoms. The summed E-state index contributed by atoms with van der Waals surface area (Å²) in [7, 11) is -2.04. The van der Waals surface area contributed by atoms with E-state index in [1.807, 2.05) is 17.5 Å². The highest BCUT2D eigenvalue weighted by Gasteiger charge is 2.14. The van der Waals surface area contributed by atoms with E-state index in [1.165, 1.54) is 42.6 Å². The van der Waals surface area contributed by atoms with Crippen molar-refractivity contribution in [2.45, 2.75) is 11.4 Å². The lowest BCUT2D eigenvalue weighted by Gasteiger charge is -2.06. The third-order valence-corrected chi connectivity index (χ3v) is 4.96. The number of hydrogen-bond donors (Lipinski definition) is 2. The van der Waals surface area contributed by atoms with Gasteiger partial charge in [-0.2, -0.15) is 0 Å². The van der Waals surface area contributed by atoms with Gasteiger partial charge in [0.25, 0.3) is 5.91 Å². The summed E-state index contributed by atoms with van der Waals surface area (Å²) in [6.45, 7) is 0.261. The average molecular weight is 310 g/mol. The van der Waals surface area contributed by atoms with Crippen LogP contribution in [-0.2, 0) is 16.6 Å². The molecule has 0 atom stereocenters. The van der Waals surface area contributed by atoms with Crippen LogP contribution >= 0.6 is 11.3 Å². The largest absolute Gasteiger partial charge is 0.355 e. The summed E-state index contributed by atoms with van der Waals surface area (Å²) in [6.07, 6.45) is 0. The average Bonchev–Trinajstić information content (AvgIpc) is 2.98. The molecule has 1 aromatic heterocycles. The van der Waals surface area contributed by atoms with Gasteiger partial charge in [0, 0.05) is 24.0 Å². The minimum Gasteiger partial charge on any atom is -0.355 e. The zero-order chi connectivity index (χ0) is 14.6. The Morgan fingerprint density at radius 3 is 2.45 bits per heavy atom. The first-order chi connectivity index (χ1) is 9.53. The number of hydrogen-bond acceptors (Lipinski definition) is 4. The summed E-state index contributed by atoms with van der Waals surface area (Å²) in [4.78, 5) is 12.5. The molecule has 0 spiro atoms. The lowest BCUT2D eigenvalue weighted by atomic mass is 10.2. The van der Waals surface area contributed by atoms with Crippen molar-refractivity contribution in [1.82, 2.24) is 10.0 Å². The minimum absolute atomic E-state index is 0.140. The van der Waals surface area contributed by atoms with E-state index in [2.05, 4.69) is 10.0 Å². The zero-order valence-electron chi connectivity index (χ0n) is 10.8. The highest BCUT2D eigenvalue weighted by atomic mass is 32.2. The molecule has 0 bridgehead atoms. The van der Waals surface area contributed by atoms with Crippen molar-refractivity contribution < 1.29 is 13.2 Å². The van der Waals surface area contributed by atoms with Gasteiger partial charge in [-0.15, -0.1) is 11.3 Å². The standard InChI is InChI=1S/C13H14N2O3S2/c1-14-13(16)10-4-6-12(7-5-10)20(17,18)15-9-11-3-2-8-19-11/h2-8,15H,9H2,1H3,(H,14,16). The van der Waals surface area contributed by atoms with Crippen LogP contribution in [0.2, 0.25) is 0 Å². The Balaban J connectivity index is 2.11. The van der Waals surface area contributed by atoms with Crippen molar-refractivity contribution in [1.29, 1.82) is 0 Å². The molecule has 0 radical (unpaired) electrons. The van der Waals surface area contributed by atoms with Crippen LogP contribution in [0.4, 0.5) is 0 Å². The van der Waals surface area contributed by atoms with Crippen molar-refractivity contribution in [2.24, 2.45) is 0 Å². The summed E-state index contributed by atoms with van der Waals surface area (Å²) in [5, 5.41) is 4.37. The zero-order valence-corrected chi connectivity index (χ0v) is 12.4. The number of benzene rings is 1. The van der Waals surface area contributed by atoms with E-state index in [1.54, 1.807) is 0 Å². The molecular weight excluding hydrogens is 296 g/mol. The monoisotopic (exact) mass is 310 g/mol. The molecule has 106 valence electrons. The maximum absolute atomic E-state index is 12.1. The number of thiophene rings is 1. The Labute approximate surface area is 121 Å². The molecule has 2 rings (SSSR count). The fraction of sp³-hybridized carbons (Fsp3) is 0.154. The third-order valence-electron chi connectivity index (χ3n) is 2.67. The molecule has 0 aliphatic heterocycles. The van der Waals surface area contributed by atoms with E-state index in [0.717, 1.165) is 4.88 Å². The molecule has 0 aliphatic rings. The van der Waals surface area contributed by atoms with Crippen LogP contribution in [0.1, 0.15) is 15.2 Å². The van der Waals surface area contributed by atoms with Gasteiger partial charge in [0.1, 0.15) is 0 Å². The fourth-order valence-electron chi connectivity index (χ4n) is 1.59. The number of amides is 1. The van der Waals surface area contributed by atoms with Gasteiger partial charge < -0.3 is 5.32 Å². The van der Waals surface area contributed by atoms with Crippen LogP contribution in [0, 0.1) is 0 Å². The number of carbonyl (C=O) groups is 1. The van der Waals surface area contributed by atoms with E-state index in [4.69, 9.17) is 0 Å². The second kappa shape index (κ2) is 6.17. The van der Waals surface area contributed by atoms with Gasteiger partial charge in [-0.3, -0.25) is 4.79 Å². The fourth-order valence-corrected chi connectivity index (χ4v) is 3.33. The van der Waals surface area contributed by atoms with Crippen molar-refractivity contribution in [2.75, 3.05) is 7.05 Å². The van der Waals surface area contributed by atoms with Gasteiger partial charge in [0.05, 0.1) is 4.90 Å². The Morgan fingerprint density at radius 1 is 1.20 bits per heavy atom. The van der Waals surface area contributed by atoms with Crippen LogP contribution in [0.5, 0.6) is 0 Å². The summed E-state index contributed by atoms with van der Waals surface area (Å²) >= 11 is 1.49. The van der Waals surface area contributed by atoms with Gasteiger partial charge in [-0.05, 0) is 35.7 Å². The summed E-state index contributed by atoms with van der Waals surface area (Å²) in [5.74, 6) is -0.250. The first-order valence-corrected chi connectivity index (χ1v) is 8.23. The number of nitrogens with one attached hydrogen (secondary N) is 2. The molecule has 0 saturated carbocycles. The molecular formula is C13H14N2O3S2. The van der Waals surface area contributed by atoms with Crippen LogP contribution in [0.3, 0.4) is 0 Å². The van der Waals surface area contributed by atoms with E-state index in [-0.39, 0.29) is 17.3 Å². The Hall–Kier alpha value is -1.70. The SMILES string of the molecule is CNC(=O)c1ccc(S(=O)(=O)NCc2cccs2)cc1. The maximum atomic E-state index is 12.1. The molecule has 0 saturated heterocycles. The molecule has 2 aromatic rings. The normalized spacial score (nSPS) is 11.2. The molecule has 1 heterocycles. The molecule has 20 heavy (non-hydrogen) atoms. The molecule has 1 aromatic carbocycles. The molecule has 0 unspecified atom stereocenters. The molecule has 0 aliphatic carbocycles. The Bertz CT molecular complexity index is 677. The smallest absolute Gasteiger partial charge is 0.251 e. The predicted molar refractivity (Wildman–Crippen MR) is 78.2 cm³/mol. The third kappa shape index (κ3) is 3.44. The first kappa shape index (κ1) is 14.7. The van der Waals surface area contributed by atoms with Gasteiger partial charge in [-0.25, -0.2) is 13.1 Å². The van der Waals surface area contributed by atoms with E-state index in [9.17, 15) is 13.2 Å². The second-order valence-electron chi connectivity index (χ2n) is 4.01. The highest BCUT2D eigenvalue weighted by molar-refractivity contribution is 7.89. The second-order valence-corrected chi connectivity index (χ2v) is 6.81. The van der Waals surface area contributed by atoms with Gasteiger partial charge in [0.2, 0.25) is 10.0 Å². The predicted octanol–water partition coefficient (Wildman–Crippen LogP) is 1.59. The van der Waals surface area contributed by atoms with Crippen LogP contribution in [0.25, 0.3) is 0 Å². The quantitative estimate of drug-likeness (QED) is 0.880. The summed E-state index contributed by atoms with van der Waals surface area (Å²) < 4.78 is 26.7. The Morgan fingerprint density at radius 2 is 1.90 bits per heavy atom. The topological polar surface area (TPSA) is 75.3 Å². The van der Waals surface area contributed by atoms with Gasteiger partial charge in [-0.1, -0.05) is 6.07 Å². The molecule has 5 nitrogen and oxygen atoms in total. The van der Waals surface area contributed by atoms with Crippen molar-refractivity contribution in [3.8, 4) is 0 Å². The lowest BCUT2D eigenvalue weighted by molar-refractivity contribution is 0.0963. The number of carbonyl (C=O) groups excluding carboxylic acids is 1. The van der Waals surface area contributed by atoms with E-state index in [0.29, 0.717) is 5.56 Å².